The van der Waals surface area contributed by atoms with Crippen molar-refractivity contribution in [3.05, 3.63) is 95.1 Å². The summed E-state index contributed by atoms with van der Waals surface area (Å²) in [5, 5.41) is 6.30. The minimum atomic E-state index is -0.435. The molecule has 3 aromatic rings. The van der Waals surface area contributed by atoms with E-state index in [-0.39, 0.29) is 25.0 Å². The van der Waals surface area contributed by atoms with E-state index < -0.39 is 5.97 Å². The molecule has 8 nitrogen and oxygen atoms in total. The Bertz CT molecular complexity index is 1320. The van der Waals surface area contributed by atoms with Crippen molar-refractivity contribution in [1.82, 2.24) is 4.90 Å². The van der Waals surface area contributed by atoms with E-state index in [9.17, 15) is 14.4 Å². The zero-order valence-electron chi connectivity index (χ0n) is 20.2. The molecular weight excluding hydrogens is 456 g/mol. The third-order valence-corrected chi connectivity index (χ3v) is 5.69. The van der Waals surface area contributed by atoms with E-state index in [2.05, 4.69) is 10.6 Å². The van der Waals surface area contributed by atoms with E-state index in [1.807, 2.05) is 66.5 Å². The lowest BCUT2D eigenvalue weighted by molar-refractivity contribution is -0.119. The lowest BCUT2D eigenvalue weighted by Crippen LogP contribution is -2.30. The first-order valence-electron chi connectivity index (χ1n) is 11.6. The number of hydrogen-bond acceptors (Lipinski definition) is 6. The Morgan fingerprint density at radius 2 is 1.72 bits per heavy atom. The van der Waals surface area contributed by atoms with Gasteiger partial charge in [0.1, 0.15) is 0 Å². The summed E-state index contributed by atoms with van der Waals surface area (Å²) in [5.74, 6) is -1.07. The van der Waals surface area contributed by atoms with Crippen molar-refractivity contribution in [3.8, 4) is 0 Å². The molecule has 0 atom stereocenters. The lowest BCUT2D eigenvalue weighted by Gasteiger charge is -2.17. The quantitative estimate of drug-likeness (QED) is 0.315. The molecule has 0 saturated carbocycles. The number of hydrogen-bond donors (Lipinski definition) is 3. The van der Waals surface area contributed by atoms with Crippen LogP contribution in [0.2, 0.25) is 0 Å². The Balaban J connectivity index is 1.68. The summed E-state index contributed by atoms with van der Waals surface area (Å²) in [7, 11) is 1.83. The molecule has 0 saturated heterocycles. The molecule has 0 unspecified atom stereocenters. The van der Waals surface area contributed by atoms with Gasteiger partial charge in [-0.1, -0.05) is 48.5 Å². The summed E-state index contributed by atoms with van der Waals surface area (Å²) in [6, 6.07) is 22.4. The topological polar surface area (TPSA) is 114 Å². The lowest BCUT2D eigenvalue weighted by atomic mass is 9.99. The summed E-state index contributed by atoms with van der Waals surface area (Å²) in [6.07, 6.45) is 0. The molecule has 8 heteroatoms. The Morgan fingerprint density at radius 3 is 2.39 bits per heavy atom. The number of fused-ring (bicyclic) bond motifs is 1. The Morgan fingerprint density at radius 1 is 1.00 bits per heavy atom. The van der Waals surface area contributed by atoms with Crippen molar-refractivity contribution in [3.63, 3.8) is 0 Å². The van der Waals surface area contributed by atoms with Gasteiger partial charge in [-0.3, -0.25) is 14.5 Å². The number of likely N-dealkylation sites (N-methyl/N-ethyl adjacent to an activating group) is 1. The summed E-state index contributed by atoms with van der Waals surface area (Å²) in [5.41, 5.74) is 10.7. The molecule has 0 bridgehead atoms. The number of nitrogens with two attached hydrogens (primary N) is 1. The maximum atomic E-state index is 13.1. The number of carbonyl (C=O) groups is 3. The normalized spacial score (nSPS) is 13.7. The largest absolute Gasteiger partial charge is 0.462 e. The van der Waals surface area contributed by atoms with Gasteiger partial charge in [0.25, 0.3) is 5.91 Å². The number of anilines is 2. The van der Waals surface area contributed by atoms with Gasteiger partial charge in [-0.25, -0.2) is 4.79 Å². The van der Waals surface area contributed by atoms with Crippen LogP contribution < -0.4 is 16.4 Å². The fourth-order valence-electron chi connectivity index (χ4n) is 4.12. The van der Waals surface area contributed by atoms with Crippen molar-refractivity contribution < 1.29 is 19.1 Å². The van der Waals surface area contributed by atoms with Crippen molar-refractivity contribution in [1.29, 1.82) is 0 Å². The molecule has 1 aliphatic heterocycles. The molecule has 0 spiro atoms. The van der Waals surface area contributed by atoms with Gasteiger partial charge in [-0.2, -0.15) is 0 Å². The summed E-state index contributed by atoms with van der Waals surface area (Å²) < 4.78 is 5.09. The fraction of sp³-hybridized carbons (Fsp3) is 0.179. The first-order valence-corrected chi connectivity index (χ1v) is 11.6. The number of nitrogens with zero attached hydrogens (tertiary/aromatic N) is 1. The van der Waals surface area contributed by atoms with E-state index in [4.69, 9.17) is 10.5 Å². The van der Waals surface area contributed by atoms with Crippen LogP contribution in [0, 0.1) is 0 Å². The number of rotatable bonds is 9. The molecule has 1 aliphatic rings. The number of primary amides is 1. The standard InChI is InChI=1S/C28H28N4O4/c1-3-36-28(35)20-11-14-22-23(15-20)31-27(34)25(22)26(19-7-5-4-6-8-19)30-21-12-9-18(10-13-21)16-32(2)17-24(29)33/h4-15,30H,3,16-17H2,1-2H3,(H2,29,33)(H,31,34). The van der Waals surface area contributed by atoms with Gasteiger partial charge in [0.2, 0.25) is 5.91 Å². The molecule has 184 valence electrons. The Hall–Kier alpha value is -4.43. The zero-order valence-corrected chi connectivity index (χ0v) is 20.2. The summed E-state index contributed by atoms with van der Waals surface area (Å²) in [6.45, 7) is 2.78. The highest BCUT2D eigenvalue weighted by atomic mass is 16.5. The first kappa shape index (κ1) is 24.7. The average Bonchev–Trinajstić information content (AvgIpc) is 3.18. The highest BCUT2D eigenvalue weighted by molar-refractivity contribution is 6.37. The van der Waals surface area contributed by atoms with E-state index in [1.165, 1.54) is 0 Å². The minimum absolute atomic E-state index is 0.177. The minimum Gasteiger partial charge on any atom is -0.462 e. The van der Waals surface area contributed by atoms with Crippen LogP contribution in [0.4, 0.5) is 11.4 Å². The fourth-order valence-corrected chi connectivity index (χ4v) is 4.12. The van der Waals surface area contributed by atoms with Gasteiger partial charge in [-0.15, -0.1) is 0 Å². The third-order valence-electron chi connectivity index (χ3n) is 5.69. The van der Waals surface area contributed by atoms with E-state index >= 15 is 0 Å². The van der Waals surface area contributed by atoms with Crippen molar-refractivity contribution in [2.75, 3.05) is 30.8 Å². The predicted octanol–water partition coefficient (Wildman–Crippen LogP) is 3.71. The highest BCUT2D eigenvalue weighted by Crippen LogP contribution is 2.38. The molecule has 0 aliphatic carbocycles. The van der Waals surface area contributed by atoms with Crippen LogP contribution in [0.25, 0.3) is 11.3 Å². The number of benzene rings is 3. The van der Waals surface area contributed by atoms with Gasteiger partial charge >= 0.3 is 5.97 Å². The Labute approximate surface area is 209 Å². The number of carbonyl (C=O) groups excluding carboxylic acids is 3. The molecular formula is C28H28N4O4. The second-order valence-electron chi connectivity index (χ2n) is 8.51. The van der Waals surface area contributed by atoms with Gasteiger partial charge in [-0.05, 0) is 49.4 Å². The van der Waals surface area contributed by atoms with E-state index in [0.717, 1.165) is 16.8 Å². The molecule has 3 aromatic carbocycles. The van der Waals surface area contributed by atoms with Gasteiger partial charge in [0.15, 0.2) is 0 Å². The van der Waals surface area contributed by atoms with Crippen LogP contribution in [0.15, 0.2) is 72.8 Å². The molecule has 1 heterocycles. The maximum Gasteiger partial charge on any atom is 0.338 e. The molecule has 2 amide bonds. The zero-order chi connectivity index (χ0) is 25.7. The SMILES string of the molecule is CCOC(=O)c1ccc2c(c1)NC(=O)C2=C(Nc1ccc(CN(C)CC(N)=O)cc1)c1ccccc1. The highest BCUT2D eigenvalue weighted by Gasteiger charge is 2.29. The molecule has 0 fully saturated rings. The summed E-state index contributed by atoms with van der Waals surface area (Å²) >= 11 is 0. The number of nitrogens with one attached hydrogen (secondary N) is 2. The van der Waals surface area contributed by atoms with Gasteiger partial charge in [0.05, 0.1) is 35.7 Å². The van der Waals surface area contributed by atoms with Crippen LogP contribution in [-0.4, -0.2) is 42.9 Å². The maximum absolute atomic E-state index is 13.1. The van der Waals surface area contributed by atoms with Crippen LogP contribution in [0.3, 0.4) is 0 Å². The van der Waals surface area contributed by atoms with Crippen LogP contribution in [0.1, 0.15) is 34.0 Å². The van der Waals surface area contributed by atoms with Gasteiger partial charge in [0, 0.05) is 17.8 Å². The van der Waals surface area contributed by atoms with Crippen molar-refractivity contribution >= 4 is 40.4 Å². The van der Waals surface area contributed by atoms with Crippen LogP contribution in [-0.2, 0) is 20.9 Å². The number of ether oxygens (including phenoxy) is 1. The van der Waals surface area contributed by atoms with Crippen molar-refractivity contribution in [2.45, 2.75) is 13.5 Å². The average molecular weight is 485 g/mol. The van der Waals surface area contributed by atoms with Crippen LogP contribution >= 0.6 is 0 Å². The molecule has 4 N–H and O–H groups in total. The molecule has 4 rings (SSSR count). The number of amides is 2. The van der Waals surface area contributed by atoms with Gasteiger partial charge < -0.3 is 21.1 Å². The second-order valence-corrected chi connectivity index (χ2v) is 8.51. The third kappa shape index (κ3) is 5.61. The van der Waals surface area contributed by atoms with Crippen LogP contribution in [0.5, 0.6) is 0 Å². The summed E-state index contributed by atoms with van der Waals surface area (Å²) in [4.78, 5) is 38.3. The Kier molecular flexibility index (Phi) is 7.46. The monoisotopic (exact) mass is 484 g/mol. The van der Waals surface area contributed by atoms with E-state index in [1.54, 1.807) is 25.1 Å². The predicted molar refractivity (Wildman–Crippen MR) is 140 cm³/mol. The molecule has 0 aromatic heterocycles. The molecule has 36 heavy (non-hydrogen) atoms. The smallest absolute Gasteiger partial charge is 0.338 e. The molecule has 0 radical (unpaired) electrons. The first-order chi connectivity index (χ1) is 17.4. The van der Waals surface area contributed by atoms with Crippen molar-refractivity contribution in [2.24, 2.45) is 5.73 Å². The second kappa shape index (κ2) is 10.9. The number of esters is 1. The van der Waals surface area contributed by atoms with E-state index in [0.29, 0.717) is 34.6 Å².